The van der Waals surface area contributed by atoms with Crippen LogP contribution in [-0.4, -0.2) is 26.9 Å². The largest absolute Gasteiger partial charge is 0.392 e. The molecule has 0 unspecified atom stereocenters. The molecule has 0 saturated heterocycles. The van der Waals surface area contributed by atoms with Gasteiger partial charge in [0.1, 0.15) is 0 Å². The molecular formula is C26H41NO2S. The maximum Gasteiger partial charge on any atom is 0.0956 e. The number of aryl methyl sites for hydroxylation is 2. The van der Waals surface area contributed by atoms with E-state index >= 15 is 0 Å². The van der Waals surface area contributed by atoms with Gasteiger partial charge in [-0.25, -0.2) is 4.98 Å². The van der Waals surface area contributed by atoms with Gasteiger partial charge in [-0.2, -0.15) is 0 Å². The van der Waals surface area contributed by atoms with E-state index in [2.05, 4.69) is 27.7 Å². The fourth-order valence-corrected chi connectivity index (χ4v) is 9.69. The van der Waals surface area contributed by atoms with Gasteiger partial charge in [-0.05, 0) is 119 Å². The van der Waals surface area contributed by atoms with E-state index in [0.29, 0.717) is 11.3 Å². The summed E-state index contributed by atoms with van der Waals surface area (Å²) in [5.41, 5.74) is 1.00. The molecule has 0 bridgehead atoms. The van der Waals surface area contributed by atoms with Gasteiger partial charge in [0, 0.05) is 11.3 Å². The number of hydrogen-bond acceptors (Lipinski definition) is 4. The predicted octanol–water partition coefficient (Wildman–Crippen LogP) is 5.68. The number of hydrogen-bond donors (Lipinski definition) is 2. The van der Waals surface area contributed by atoms with E-state index in [1.807, 2.05) is 0 Å². The van der Waals surface area contributed by atoms with Crippen LogP contribution in [0.4, 0.5) is 0 Å². The number of rotatable bonds is 3. The fourth-order valence-electron chi connectivity index (χ4n) is 8.70. The highest BCUT2D eigenvalue weighted by molar-refractivity contribution is 7.11. The molecule has 4 fully saturated rings. The first kappa shape index (κ1) is 21.4. The Morgan fingerprint density at radius 2 is 1.77 bits per heavy atom. The third kappa shape index (κ3) is 3.49. The van der Waals surface area contributed by atoms with E-state index in [0.717, 1.165) is 59.6 Å². The number of fused-ring (bicyclic) bond motifs is 5. The maximum atomic E-state index is 11.3. The van der Waals surface area contributed by atoms with Crippen LogP contribution >= 0.6 is 11.3 Å². The lowest BCUT2D eigenvalue weighted by Crippen LogP contribution is -2.51. The second-order valence-electron chi connectivity index (χ2n) is 11.9. The molecule has 1 aromatic heterocycles. The molecule has 1 aromatic rings. The van der Waals surface area contributed by atoms with Gasteiger partial charge in [0.25, 0.3) is 0 Å². The minimum atomic E-state index is -0.424. The third-order valence-corrected chi connectivity index (χ3v) is 11.3. The number of aliphatic hydroxyl groups excluding tert-OH is 1. The van der Waals surface area contributed by atoms with Crippen LogP contribution in [-0.2, 0) is 6.42 Å². The Bertz CT molecular complexity index is 768. The highest BCUT2D eigenvalue weighted by Gasteiger charge is 2.58. The van der Waals surface area contributed by atoms with E-state index in [-0.39, 0.29) is 6.10 Å². The highest BCUT2D eigenvalue weighted by Crippen LogP contribution is 2.65. The van der Waals surface area contributed by atoms with Gasteiger partial charge in [-0.3, -0.25) is 0 Å². The molecule has 1 heterocycles. The van der Waals surface area contributed by atoms with Crippen LogP contribution in [0.2, 0.25) is 0 Å². The lowest BCUT2D eigenvalue weighted by Gasteiger charge is -2.57. The average molecular weight is 432 g/mol. The van der Waals surface area contributed by atoms with Gasteiger partial charge in [0.15, 0.2) is 0 Å². The van der Waals surface area contributed by atoms with E-state index in [4.69, 9.17) is 4.98 Å². The van der Waals surface area contributed by atoms with Crippen molar-refractivity contribution < 1.29 is 10.2 Å². The minimum Gasteiger partial charge on any atom is -0.392 e. The number of nitrogens with zero attached hydrogens (tertiary/aromatic N) is 1. The lowest BCUT2D eigenvalue weighted by atomic mass is 9.49. The van der Waals surface area contributed by atoms with Crippen LogP contribution in [0.5, 0.6) is 0 Å². The van der Waals surface area contributed by atoms with Gasteiger partial charge in [0.2, 0.25) is 0 Å². The summed E-state index contributed by atoms with van der Waals surface area (Å²) in [5.74, 6) is 4.54. The van der Waals surface area contributed by atoms with Crippen molar-refractivity contribution in [1.29, 1.82) is 0 Å². The lowest BCUT2D eigenvalue weighted by molar-refractivity contribution is -0.107. The van der Waals surface area contributed by atoms with E-state index < -0.39 is 5.60 Å². The summed E-state index contributed by atoms with van der Waals surface area (Å²) in [7, 11) is 0. The SMILES string of the molecule is Cc1nc(C[C@H](O)[C@H]2CC[C@H]3[C@@H]4CC[C@@H]5C[C@](C)(O)CC[C@@H]5[C@H]4CC[C@]23C)sc1C. The van der Waals surface area contributed by atoms with Crippen molar-refractivity contribution in [3.63, 3.8) is 0 Å². The molecule has 30 heavy (non-hydrogen) atoms. The van der Waals surface area contributed by atoms with Crippen molar-refractivity contribution in [2.45, 2.75) is 104 Å². The van der Waals surface area contributed by atoms with Gasteiger partial charge in [-0.15, -0.1) is 11.3 Å². The molecule has 0 aromatic carbocycles. The van der Waals surface area contributed by atoms with Crippen molar-refractivity contribution in [2.75, 3.05) is 0 Å². The summed E-state index contributed by atoms with van der Waals surface area (Å²) in [4.78, 5) is 6.00. The molecule has 4 saturated carbocycles. The molecule has 5 rings (SSSR count). The monoisotopic (exact) mass is 431 g/mol. The average Bonchev–Trinajstić information content (AvgIpc) is 3.19. The van der Waals surface area contributed by atoms with Crippen LogP contribution in [0.25, 0.3) is 0 Å². The third-order valence-electron chi connectivity index (χ3n) is 10.2. The normalized spacial score (nSPS) is 46.7. The Labute approximate surface area is 186 Å². The molecule has 4 heteroatoms. The van der Waals surface area contributed by atoms with Crippen molar-refractivity contribution in [2.24, 2.45) is 40.9 Å². The Hall–Kier alpha value is -0.450. The first-order valence-corrected chi connectivity index (χ1v) is 13.3. The molecule has 2 N–H and O–H groups in total. The van der Waals surface area contributed by atoms with E-state index in [1.54, 1.807) is 11.3 Å². The Kier molecular flexibility index (Phi) is 5.39. The van der Waals surface area contributed by atoms with E-state index in [9.17, 15) is 10.2 Å². The number of aromatic nitrogens is 1. The summed E-state index contributed by atoms with van der Waals surface area (Å²) in [6.07, 6.45) is 11.6. The second kappa shape index (κ2) is 7.56. The Balaban J connectivity index is 1.30. The standard InChI is InChI=1S/C26H41NO2S/c1-15-16(2)30-24(27-15)13-23(28)22-8-7-21-20-6-5-17-14-25(3,29)11-9-18(17)19(20)10-12-26(21,22)4/h17-23,28-29H,5-14H2,1-4H3/t17-,18+,19-,20-,21+,22-,23+,25-,26+/m1/s1. The maximum absolute atomic E-state index is 11.3. The van der Waals surface area contributed by atoms with Crippen molar-refractivity contribution >= 4 is 11.3 Å². The summed E-state index contributed by atoms with van der Waals surface area (Å²) in [6, 6.07) is 0. The molecule has 0 radical (unpaired) electrons. The minimum absolute atomic E-state index is 0.248. The fraction of sp³-hybridized carbons (Fsp3) is 0.885. The summed E-state index contributed by atoms with van der Waals surface area (Å²) < 4.78 is 0. The summed E-state index contributed by atoms with van der Waals surface area (Å²) >= 11 is 1.77. The van der Waals surface area contributed by atoms with Crippen LogP contribution in [0.1, 0.15) is 87.2 Å². The molecule has 168 valence electrons. The summed E-state index contributed by atoms with van der Waals surface area (Å²) in [6.45, 7) is 8.79. The summed E-state index contributed by atoms with van der Waals surface area (Å²) in [5, 5.41) is 23.0. The molecule has 9 atom stereocenters. The van der Waals surface area contributed by atoms with Crippen LogP contribution < -0.4 is 0 Å². The zero-order valence-corrected chi connectivity index (χ0v) is 20.2. The van der Waals surface area contributed by atoms with Gasteiger partial charge < -0.3 is 10.2 Å². The van der Waals surface area contributed by atoms with Gasteiger partial charge in [-0.1, -0.05) is 6.92 Å². The highest BCUT2D eigenvalue weighted by atomic mass is 32.1. The molecule has 0 spiro atoms. The quantitative estimate of drug-likeness (QED) is 0.647. The topological polar surface area (TPSA) is 53.4 Å². The zero-order chi connectivity index (χ0) is 21.3. The van der Waals surface area contributed by atoms with Crippen LogP contribution in [0, 0.1) is 54.8 Å². The van der Waals surface area contributed by atoms with Crippen molar-refractivity contribution in [1.82, 2.24) is 4.98 Å². The van der Waals surface area contributed by atoms with Crippen molar-refractivity contribution in [3.8, 4) is 0 Å². The molecule has 4 aliphatic carbocycles. The molecule has 0 amide bonds. The van der Waals surface area contributed by atoms with E-state index in [1.165, 1.54) is 49.8 Å². The number of thiazole rings is 1. The molecule has 0 aliphatic heterocycles. The Morgan fingerprint density at radius 3 is 2.50 bits per heavy atom. The van der Waals surface area contributed by atoms with Gasteiger partial charge >= 0.3 is 0 Å². The number of aliphatic hydroxyl groups is 2. The zero-order valence-electron chi connectivity index (χ0n) is 19.4. The first-order chi connectivity index (χ1) is 14.2. The van der Waals surface area contributed by atoms with Crippen LogP contribution in [0.15, 0.2) is 0 Å². The molecule has 3 nitrogen and oxygen atoms in total. The van der Waals surface area contributed by atoms with Crippen molar-refractivity contribution in [3.05, 3.63) is 15.6 Å². The smallest absolute Gasteiger partial charge is 0.0956 e. The predicted molar refractivity (Wildman–Crippen MR) is 123 cm³/mol. The molecule has 4 aliphatic rings. The Morgan fingerprint density at radius 1 is 1.00 bits per heavy atom. The van der Waals surface area contributed by atoms with Gasteiger partial charge in [0.05, 0.1) is 22.4 Å². The van der Waals surface area contributed by atoms with Crippen LogP contribution in [0.3, 0.4) is 0 Å². The second-order valence-corrected chi connectivity index (χ2v) is 13.2. The molecular weight excluding hydrogens is 390 g/mol. The first-order valence-electron chi connectivity index (χ1n) is 12.5.